The van der Waals surface area contributed by atoms with Crippen LogP contribution < -0.4 is 9.47 Å². The van der Waals surface area contributed by atoms with Crippen LogP contribution in [0.2, 0.25) is 0 Å². The highest BCUT2D eigenvalue weighted by molar-refractivity contribution is 6.12. The lowest BCUT2D eigenvalue weighted by atomic mass is 10.0. The lowest BCUT2D eigenvalue weighted by molar-refractivity contribution is -0.386. The highest BCUT2D eigenvalue weighted by Crippen LogP contribution is 2.41. The van der Waals surface area contributed by atoms with Gasteiger partial charge in [0.05, 0.1) is 4.92 Å². The van der Waals surface area contributed by atoms with Gasteiger partial charge in [-0.1, -0.05) is 44.2 Å². The van der Waals surface area contributed by atoms with Gasteiger partial charge in [-0.05, 0) is 25.0 Å². The zero-order chi connectivity index (χ0) is 21.4. The first kappa shape index (κ1) is 21.7. The maximum absolute atomic E-state index is 12.8. The minimum Gasteiger partial charge on any atom is -0.422 e. The van der Waals surface area contributed by atoms with E-state index in [2.05, 4.69) is 0 Å². The monoisotopic (exact) mass is 399 g/mol. The predicted octanol–water partition coefficient (Wildman–Crippen LogP) is 4.24. The van der Waals surface area contributed by atoms with E-state index in [0.717, 1.165) is 0 Å². The Hall–Kier alpha value is -3.55. The summed E-state index contributed by atoms with van der Waals surface area (Å²) in [5.74, 6) is -2.79. The van der Waals surface area contributed by atoms with Crippen molar-refractivity contribution in [2.75, 3.05) is 0 Å². The third-order valence-electron chi connectivity index (χ3n) is 3.91. The Labute approximate surface area is 167 Å². The Morgan fingerprint density at radius 1 is 0.897 bits per heavy atom. The Morgan fingerprint density at radius 3 is 2.03 bits per heavy atom. The average molecular weight is 399 g/mol. The molecule has 0 N–H and O–H groups in total. The first-order chi connectivity index (χ1) is 13.9. The smallest absolute Gasteiger partial charge is 0.326 e. The topological polar surface area (TPSA) is 113 Å². The second kappa shape index (κ2) is 10.1. The van der Waals surface area contributed by atoms with Gasteiger partial charge < -0.3 is 9.47 Å². The van der Waals surface area contributed by atoms with Gasteiger partial charge in [0.25, 0.3) is 5.75 Å². The minimum absolute atomic E-state index is 0.0103. The Kier molecular flexibility index (Phi) is 7.59. The SMILES string of the molecule is CCCC(=O)Oc1ccc(C(=O)c2ccccc2)c([N+](=O)[O-])c1OC(=O)CCC. The number of carbonyl (C=O) groups excluding carboxylic acids is 3. The summed E-state index contributed by atoms with van der Waals surface area (Å²) in [5, 5.41) is 11.8. The van der Waals surface area contributed by atoms with Gasteiger partial charge in [0.15, 0.2) is 11.5 Å². The zero-order valence-electron chi connectivity index (χ0n) is 16.2. The van der Waals surface area contributed by atoms with Gasteiger partial charge in [0, 0.05) is 18.4 Å². The van der Waals surface area contributed by atoms with Gasteiger partial charge in [-0.2, -0.15) is 0 Å². The van der Waals surface area contributed by atoms with Crippen LogP contribution in [0.3, 0.4) is 0 Å². The van der Waals surface area contributed by atoms with E-state index in [9.17, 15) is 24.5 Å². The summed E-state index contributed by atoms with van der Waals surface area (Å²) in [6.45, 7) is 3.51. The number of rotatable bonds is 9. The van der Waals surface area contributed by atoms with Gasteiger partial charge in [0.2, 0.25) is 0 Å². The molecule has 2 aromatic carbocycles. The van der Waals surface area contributed by atoms with Crippen LogP contribution in [0.1, 0.15) is 55.5 Å². The normalized spacial score (nSPS) is 10.3. The quantitative estimate of drug-likeness (QED) is 0.204. The van der Waals surface area contributed by atoms with Crippen molar-refractivity contribution in [2.45, 2.75) is 39.5 Å². The molecule has 0 unspecified atom stereocenters. The Balaban J connectivity index is 2.61. The first-order valence-corrected chi connectivity index (χ1v) is 9.21. The summed E-state index contributed by atoms with van der Waals surface area (Å²) < 4.78 is 10.3. The molecule has 0 heterocycles. The molecule has 2 aromatic rings. The molecule has 0 aliphatic heterocycles. The van der Waals surface area contributed by atoms with Gasteiger partial charge in [0.1, 0.15) is 5.56 Å². The second-order valence-corrected chi connectivity index (χ2v) is 6.19. The van der Waals surface area contributed by atoms with Crippen LogP contribution in [-0.4, -0.2) is 22.6 Å². The number of carbonyl (C=O) groups is 3. The highest BCUT2D eigenvalue weighted by atomic mass is 16.6. The van der Waals surface area contributed by atoms with Crippen molar-refractivity contribution in [2.24, 2.45) is 0 Å². The first-order valence-electron chi connectivity index (χ1n) is 9.21. The van der Waals surface area contributed by atoms with Crippen LogP contribution in [0.4, 0.5) is 5.69 Å². The fourth-order valence-corrected chi connectivity index (χ4v) is 2.59. The van der Waals surface area contributed by atoms with E-state index in [-0.39, 0.29) is 29.7 Å². The van der Waals surface area contributed by atoms with Crippen molar-refractivity contribution in [1.29, 1.82) is 0 Å². The Morgan fingerprint density at radius 2 is 1.48 bits per heavy atom. The van der Waals surface area contributed by atoms with Crippen LogP contribution in [0.25, 0.3) is 0 Å². The molecule has 0 aromatic heterocycles. The molecule has 0 saturated heterocycles. The maximum atomic E-state index is 12.8. The molecule has 0 aliphatic carbocycles. The summed E-state index contributed by atoms with van der Waals surface area (Å²) in [7, 11) is 0. The third-order valence-corrected chi connectivity index (χ3v) is 3.91. The van der Waals surface area contributed by atoms with E-state index in [0.29, 0.717) is 12.8 Å². The number of ether oxygens (including phenoxy) is 2. The fourth-order valence-electron chi connectivity index (χ4n) is 2.59. The summed E-state index contributed by atoms with van der Waals surface area (Å²) in [5.41, 5.74) is -0.752. The van der Waals surface area contributed by atoms with Crippen molar-refractivity contribution >= 4 is 23.4 Å². The number of ketones is 1. The van der Waals surface area contributed by atoms with Gasteiger partial charge in [-0.15, -0.1) is 0 Å². The zero-order valence-corrected chi connectivity index (χ0v) is 16.2. The molecule has 8 heteroatoms. The van der Waals surface area contributed by atoms with Crippen LogP contribution in [-0.2, 0) is 9.59 Å². The molecule has 0 fully saturated rings. The number of hydrogen-bond donors (Lipinski definition) is 0. The fraction of sp³-hybridized carbons (Fsp3) is 0.286. The largest absolute Gasteiger partial charge is 0.422 e. The van der Waals surface area contributed by atoms with Gasteiger partial charge >= 0.3 is 17.6 Å². The molecular formula is C21H21NO7. The molecular weight excluding hydrogens is 378 g/mol. The predicted molar refractivity (Wildman–Crippen MR) is 104 cm³/mol. The Bertz CT molecular complexity index is 922. The molecule has 8 nitrogen and oxygen atoms in total. The molecule has 0 saturated carbocycles. The number of benzene rings is 2. The summed E-state index contributed by atoms with van der Waals surface area (Å²) in [6.07, 6.45) is 1.06. The number of nitrogens with zero attached hydrogens (tertiary/aromatic N) is 1. The molecule has 0 aliphatic rings. The van der Waals surface area contributed by atoms with E-state index in [4.69, 9.17) is 9.47 Å². The van der Waals surface area contributed by atoms with Crippen molar-refractivity contribution in [1.82, 2.24) is 0 Å². The van der Waals surface area contributed by atoms with Crippen LogP contribution in [0, 0.1) is 10.1 Å². The summed E-state index contributed by atoms with van der Waals surface area (Å²) >= 11 is 0. The van der Waals surface area contributed by atoms with Gasteiger partial charge in [-0.25, -0.2) is 0 Å². The second-order valence-electron chi connectivity index (χ2n) is 6.19. The molecule has 0 spiro atoms. The highest BCUT2D eigenvalue weighted by Gasteiger charge is 2.32. The van der Waals surface area contributed by atoms with E-state index in [1.807, 2.05) is 0 Å². The van der Waals surface area contributed by atoms with Crippen molar-refractivity contribution in [3.63, 3.8) is 0 Å². The lowest BCUT2D eigenvalue weighted by Crippen LogP contribution is -2.15. The summed E-state index contributed by atoms with van der Waals surface area (Å²) in [4.78, 5) is 47.7. The van der Waals surface area contributed by atoms with E-state index < -0.39 is 34.1 Å². The molecule has 29 heavy (non-hydrogen) atoms. The summed E-state index contributed by atoms with van der Waals surface area (Å²) in [6, 6.07) is 10.4. The molecule has 2 rings (SSSR count). The van der Waals surface area contributed by atoms with Crippen LogP contribution >= 0.6 is 0 Å². The number of nitro groups is 1. The van der Waals surface area contributed by atoms with Crippen molar-refractivity contribution in [3.05, 3.63) is 63.7 Å². The number of esters is 2. The average Bonchev–Trinajstić information content (AvgIpc) is 2.69. The van der Waals surface area contributed by atoms with Gasteiger partial charge in [-0.3, -0.25) is 24.5 Å². The standard InChI is InChI=1S/C21H21NO7/c1-3-8-17(23)28-16-13-12-15(20(25)14-10-6-5-7-11-14)19(22(26)27)21(16)29-18(24)9-4-2/h5-7,10-13H,3-4,8-9H2,1-2H3. The van der Waals surface area contributed by atoms with Crippen molar-refractivity contribution in [3.8, 4) is 11.5 Å². The molecule has 0 radical (unpaired) electrons. The van der Waals surface area contributed by atoms with E-state index in [1.165, 1.54) is 24.3 Å². The van der Waals surface area contributed by atoms with Crippen LogP contribution in [0.15, 0.2) is 42.5 Å². The molecule has 0 amide bonds. The molecule has 0 atom stereocenters. The van der Waals surface area contributed by atoms with Crippen LogP contribution in [0.5, 0.6) is 11.5 Å². The van der Waals surface area contributed by atoms with Crippen molar-refractivity contribution < 1.29 is 28.8 Å². The van der Waals surface area contributed by atoms with E-state index >= 15 is 0 Å². The maximum Gasteiger partial charge on any atom is 0.326 e. The van der Waals surface area contributed by atoms with E-state index in [1.54, 1.807) is 32.0 Å². The lowest BCUT2D eigenvalue weighted by Gasteiger charge is -2.13. The number of nitro benzene ring substituents is 1. The number of hydrogen-bond acceptors (Lipinski definition) is 7. The molecule has 0 bridgehead atoms. The third kappa shape index (κ3) is 5.47. The molecule has 152 valence electrons. The minimum atomic E-state index is -0.818.